The number of sulfonamides is 1. The average Bonchev–Trinajstić information content (AvgIpc) is 2.75. The van der Waals surface area contributed by atoms with Gasteiger partial charge in [0.2, 0.25) is 15.9 Å². The Kier molecular flexibility index (Phi) is 11.4. The molecule has 34 heavy (non-hydrogen) atoms. The van der Waals surface area contributed by atoms with Crippen molar-refractivity contribution in [2.45, 2.75) is 38.3 Å². The fourth-order valence-corrected chi connectivity index (χ4v) is 4.91. The van der Waals surface area contributed by atoms with Crippen molar-refractivity contribution in [3.05, 3.63) is 28.8 Å². The van der Waals surface area contributed by atoms with Crippen molar-refractivity contribution >= 4 is 21.9 Å². The number of aliphatic carboxylic acids is 1. The van der Waals surface area contributed by atoms with Crippen LogP contribution >= 0.6 is 0 Å². The zero-order valence-corrected chi connectivity index (χ0v) is 20.6. The number of aryl methyl sites for hydroxylation is 3. The van der Waals surface area contributed by atoms with Gasteiger partial charge in [0.1, 0.15) is 0 Å². The second-order valence-electron chi connectivity index (χ2n) is 7.82. The van der Waals surface area contributed by atoms with Gasteiger partial charge in [-0.25, -0.2) is 13.2 Å². The average molecular weight is 512 g/mol. The molecule has 0 bridgehead atoms. The van der Waals surface area contributed by atoms with Crippen LogP contribution < -0.4 is 5.32 Å². The van der Waals surface area contributed by atoms with E-state index in [-0.39, 0.29) is 23.9 Å². The van der Waals surface area contributed by atoms with Gasteiger partial charge < -0.3 is 20.1 Å². The van der Waals surface area contributed by atoms with E-state index in [4.69, 9.17) is 14.6 Å². The predicted octanol–water partition coefficient (Wildman–Crippen LogP) is 1.70. The SMILES string of the molecule is COCCCN(CC(=O)N1CCNCC1)S(=O)(=O)c1cc(C)c(C)cc1C.O=C(O)C(F)(F)F. The Morgan fingerprint density at radius 1 is 1.12 bits per heavy atom. The summed E-state index contributed by atoms with van der Waals surface area (Å²) in [6, 6.07) is 3.59. The fraction of sp³-hybridized carbons (Fsp3) is 0.619. The fourth-order valence-electron chi connectivity index (χ4n) is 3.19. The maximum atomic E-state index is 13.3. The lowest BCUT2D eigenvalue weighted by molar-refractivity contribution is -0.192. The topological polar surface area (TPSA) is 116 Å². The standard InChI is InChI=1S/C19H31N3O4S.C2HF3O2/c1-15-12-17(3)18(13-16(15)2)27(24,25)22(8-5-11-26-4)14-19(23)21-9-6-20-7-10-21;3-2(4,5)1(6)7/h12-13,20H,5-11,14H2,1-4H3;(H,6,7). The highest BCUT2D eigenvalue weighted by molar-refractivity contribution is 7.89. The van der Waals surface area contributed by atoms with Crippen LogP contribution in [0.4, 0.5) is 13.2 Å². The Morgan fingerprint density at radius 3 is 2.15 bits per heavy atom. The van der Waals surface area contributed by atoms with E-state index in [0.717, 1.165) is 24.2 Å². The summed E-state index contributed by atoms with van der Waals surface area (Å²) in [5.41, 5.74) is 2.67. The van der Waals surface area contributed by atoms with Crippen LogP contribution in [0.15, 0.2) is 17.0 Å². The lowest BCUT2D eigenvalue weighted by atomic mass is 10.1. The summed E-state index contributed by atoms with van der Waals surface area (Å²) in [5.74, 6) is -2.91. The molecule has 1 heterocycles. The molecule has 0 radical (unpaired) electrons. The van der Waals surface area contributed by atoms with Gasteiger partial charge in [0.25, 0.3) is 0 Å². The van der Waals surface area contributed by atoms with E-state index in [9.17, 15) is 26.4 Å². The first-order valence-electron chi connectivity index (χ1n) is 10.6. The first-order valence-corrected chi connectivity index (χ1v) is 12.0. The van der Waals surface area contributed by atoms with Crippen molar-refractivity contribution in [3.8, 4) is 0 Å². The number of benzene rings is 1. The quantitative estimate of drug-likeness (QED) is 0.511. The smallest absolute Gasteiger partial charge is 0.475 e. The number of hydrogen-bond donors (Lipinski definition) is 2. The molecule has 1 aliphatic heterocycles. The van der Waals surface area contributed by atoms with Crippen LogP contribution in [0.1, 0.15) is 23.1 Å². The van der Waals surface area contributed by atoms with E-state index in [2.05, 4.69) is 5.32 Å². The molecule has 1 amide bonds. The molecule has 0 aromatic heterocycles. The van der Waals surface area contributed by atoms with Crippen LogP contribution in [0, 0.1) is 20.8 Å². The molecule has 1 aromatic carbocycles. The number of ether oxygens (including phenoxy) is 1. The van der Waals surface area contributed by atoms with Crippen molar-refractivity contribution in [2.75, 3.05) is 53.0 Å². The molecule has 0 unspecified atom stereocenters. The molecule has 2 N–H and O–H groups in total. The van der Waals surface area contributed by atoms with E-state index < -0.39 is 22.2 Å². The molecule has 0 aliphatic carbocycles. The number of carboxylic acids is 1. The number of nitrogens with one attached hydrogen (secondary N) is 1. The molecule has 13 heteroatoms. The number of hydrogen-bond acceptors (Lipinski definition) is 6. The third kappa shape index (κ3) is 8.85. The van der Waals surface area contributed by atoms with Crippen LogP contribution in [-0.4, -0.2) is 93.8 Å². The number of nitrogens with zero attached hydrogens (tertiary/aromatic N) is 2. The van der Waals surface area contributed by atoms with Crippen LogP contribution in [0.3, 0.4) is 0 Å². The number of halogens is 3. The number of methoxy groups -OCH3 is 1. The first kappa shape index (κ1) is 29.8. The molecule has 0 atom stereocenters. The van der Waals surface area contributed by atoms with Crippen molar-refractivity contribution in [3.63, 3.8) is 0 Å². The van der Waals surface area contributed by atoms with E-state index in [1.807, 2.05) is 19.9 Å². The normalized spacial score (nSPS) is 14.5. The molecular weight excluding hydrogens is 479 g/mol. The van der Waals surface area contributed by atoms with Crippen LogP contribution in [0.25, 0.3) is 0 Å². The zero-order valence-electron chi connectivity index (χ0n) is 19.7. The summed E-state index contributed by atoms with van der Waals surface area (Å²) in [6.07, 6.45) is -4.55. The maximum absolute atomic E-state index is 13.3. The minimum Gasteiger partial charge on any atom is -0.475 e. The summed E-state index contributed by atoms with van der Waals surface area (Å²) < 4.78 is 64.8. The number of amides is 1. The van der Waals surface area contributed by atoms with Crippen molar-refractivity contribution in [2.24, 2.45) is 0 Å². The molecule has 194 valence electrons. The van der Waals surface area contributed by atoms with Crippen molar-refractivity contribution in [1.82, 2.24) is 14.5 Å². The van der Waals surface area contributed by atoms with Gasteiger partial charge >= 0.3 is 12.1 Å². The molecule has 1 aliphatic rings. The van der Waals surface area contributed by atoms with E-state index in [1.54, 1.807) is 25.0 Å². The first-order chi connectivity index (χ1) is 15.7. The molecule has 1 aromatic rings. The van der Waals surface area contributed by atoms with E-state index >= 15 is 0 Å². The summed E-state index contributed by atoms with van der Waals surface area (Å²) in [4.78, 5) is 23.6. The Bertz CT molecular complexity index is 948. The number of piperazine rings is 1. The Balaban J connectivity index is 0.000000718. The number of carboxylic acid groups (broad SMARTS) is 1. The second kappa shape index (κ2) is 13.0. The summed E-state index contributed by atoms with van der Waals surface area (Å²) in [7, 11) is -2.19. The molecule has 9 nitrogen and oxygen atoms in total. The monoisotopic (exact) mass is 511 g/mol. The predicted molar refractivity (Wildman–Crippen MR) is 119 cm³/mol. The third-order valence-electron chi connectivity index (χ3n) is 5.19. The molecule has 2 rings (SSSR count). The Morgan fingerprint density at radius 2 is 1.65 bits per heavy atom. The van der Waals surface area contributed by atoms with Gasteiger partial charge in [-0.2, -0.15) is 17.5 Å². The minimum atomic E-state index is -5.08. The van der Waals surface area contributed by atoms with Crippen LogP contribution in [0.2, 0.25) is 0 Å². The summed E-state index contributed by atoms with van der Waals surface area (Å²) in [5, 5.41) is 10.3. The zero-order chi connectivity index (χ0) is 26.1. The van der Waals surface area contributed by atoms with E-state index in [0.29, 0.717) is 31.7 Å². The molecule has 1 saturated heterocycles. The number of rotatable bonds is 8. The van der Waals surface area contributed by atoms with Gasteiger partial charge in [0, 0.05) is 46.4 Å². The van der Waals surface area contributed by atoms with Gasteiger partial charge in [-0.1, -0.05) is 6.07 Å². The van der Waals surface area contributed by atoms with Gasteiger partial charge in [0.05, 0.1) is 11.4 Å². The van der Waals surface area contributed by atoms with Crippen LogP contribution in [0.5, 0.6) is 0 Å². The third-order valence-corrected chi connectivity index (χ3v) is 7.18. The number of alkyl halides is 3. The Labute approximate surface area is 197 Å². The van der Waals surface area contributed by atoms with E-state index in [1.165, 1.54) is 4.31 Å². The van der Waals surface area contributed by atoms with Gasteiger partial charge in [0.15, 0.2) is 0 Å². The van der Waals surface area contributed by atoms with Crippen molar-refractivity contribution in [1.29, 1.82) is 0 Å². The van der Waals surface area contributed by atoms with Gasteiger partial charge in [-0.05, 0) is 49.9 Å². The summed E-state index contributed by atoms with van der Waals surface area (Å²) in [6.45, 7) is 8.89. The lowest BCUT2D eigenvalue weighted by Crippen LogP contribution is -2.50. The number of carbonyl (C=O) groups excluding carboxylic acids is 1. The summed E-state index contributed by atoms with van der Waals surface area (Å²) >= 11 is 0. The highest BCUT2D eigenvalue weighted by Gasteiger charge is 2.38. The molecule has 0 spiro atoms. The van der Waals surface area contributed by atoms with Gasteiger partial charge in [-0.15, -0.1) is 0 Å². The van der Waals surface area contributed by atoms with Crippen molar-refractivity contribution < 1.29 is 41.0 Å². The highest BCUT2D eigenvalue weighted by Crippen LogP contribution is 2.24. The molecule has 0 saturated carbocycles. The van der Waals surface area contributed by atoms with Crippen LogP contribution in [-0.2, 0) is 24.3 Å². The minimum absolute atomic E-state index is 0.140. The largest absolute Gasteiger partial charge is 0.490 e. The second-order valence-corrected chi connectivity index (χ2v) is 9.73. The number of carbonyl (C=O) groups is 2. The van der Waals surface area contributed by atoms with Gasteiger partial charge in [-0.3, -0.25) is 4.79 Å². The lowest BCUT2D eigenvalue weighted by Gasteiger charge is -2.30. The molecular formula is C21H32F3N3O6S. The highest BCUT2D eigenvalue weighted by atomic mass is 32.2. The maximum Gasteiger partial charge on any atom is 0.490 e. The molecule has 1 fully saturated rings. The Hall–Kier alpha value is -2.22.